The third kappa shape index (κ3) is 2.42. The maximum absolute atomic E-state index is 12.6. The lowest BCUT2D eigenvalue weighted by Gasteiger charge is -2.41. The normalized spacial score (nSPS) is 30.1. The smallest absolute Gasteiger partial charge is 0.238 e. The summed E-state index contributed by atoms with van der Waals surface area (Å²) in [4.78, 5) is 14.7. The maximum Gasteiger partial charge on any atom is 0.238 e. The molecule has 2 fully saturated rings. The van der Waals surface area contributed by atoms with Crippen molar-refractivity contribution in [1.29, 1.82) is 0 Å². The van der Waals surface area contributed by atoms with Crippen molar-refractivity contribution in [2.45, 2.75) is 49.8 Å². The van der Waals surface area contributed by atoms with Gasteiger partial charge in [-0.2, -0.15) is 0 Å². The molecule has 1 heterocycles. The molecule has 1 unspecified atom stereocenters. The predicted octanol–water partition coefficient (Wildman–Crippen LogP) is 3.05. The van der Waals surface area contributed by atoms with Crippen LogP contribution in [0, 0.1) is 0 Å². The summed E-state index contributed by atoms with van der Waals surface area (Å²) in [6.07, 6.45) is 5.96. The number of carbonyl (C=O) groups is 1. The lowest BCUT2D eigenvalue weighted by atomic mass is 9.90. The number of alkyl halides is 1. The zero-order valence-corrected chi connectivity index (χ0v) is 12.3. The molecule has 1 amide bonds. The SMILES string of the molecule is CC1(C(=O)N(CCBr)C2CCC2)CCCS1. The quantitative estimate of drug-likeness (QED) is 0.744. The number of hydrogen-bond acceptors (Lipinski definition) is 2. The molecule has 0 aromatic heterocycles. The van der Waals surface area contributed by atoms with Crippen LogP contribution in [0.2, 0.25) is 0 Å². The Hall–Kier alpha value is 0.300. The van der Waals surface area contributed by atoms with Crippen molar-refractivity contribution in [3.05, 3.63) is 0 Å². The van der Waals surface area contributed by atoms with Crippen molar-refractivity contribution < 1.29 is 4.79 Å². The molecule has 1 saturated carbocycles. The highest BCUT2D eigenvalue weighted by Gasteiger charge is 2.42. The van der Waals surface area contributed by atoms with E-state index in [1.54, 1.807) is 0 Å². The van der Waals surface area contributed by atoms with Gasteiger partial charge in [0.2, 0.25) is 5.91 Å². The lowest BCUT2D eigenvalue weighted by Crippen LogP contribution is -2.51. The Labute approximate surface area is 111 Å². The molecular weight excluding hydrogens is 286 g/mol. The first-order valence-electron chi connectivity index (χ1n) is 6.18. The van der Waals surface area contributed by atoms with E-state index in [0.717, 1.165) is 24.0 Å². The minimum absolute atomic E-state index is 0.127. The van der Waals surface area contributed by atoms with Gasteiger partial charge in [0, 0.05) is 17.9 Å². The number of nitrogens with zero attached hydrogens (tertiary/aromatic N) is 1. The lowest BCUT2D eigenvalue weighted by molar-refractivity contribution is -0.137. The van der Waals surface area contributed by atoms with Crippen LogP contribution in [0.4, 0.5) is 0 Å². The highest BCUT2D eigenvalue weighted by Crippen LogP contribution is 2.40. The van der Waals surface area contributed by atoms with E-state index < -0.39 is 0 Å². The van der Waals surface area contributed by atoms with Gasteiger partial charge in [-0.25, -0.2) is 0 Å². The van der Waals surface area contributed by atoms with Gasteiger partial charge in [-0.15, -0.1) is 11.8 Å². The number of thioether (sulfide) groups is 1. The standard InChI is InChI=1S/C12H20BrNOS/c1-12(6-3-9-16-12)11(15)14(8-7-13)10-4-2-5-10/h10H,2-9H2,1H3. The molecule has 0 spiro atoms. The summed E-state index contributed by atoms with van der Waals surface area (Å²) in [7, 11) is 0. The minimum Gasteiger partial charge on any atom is -0.338 e. The third-order valence-corrected chi connectivity index (χ3v) is 5.64. The number of amides is 1. The van der Waals surface area contributed by atoms with Crippen molar-refractivity contribution in [2.24, 2.45) is 0 Å². The fourth-order valence-corrected chi connectivity index (χ4v) is 4.14. The molecule has 0 bridgehead atoms. The predicted molar refractivity (Wildman–Crippen MR) is 73.2 cm³/mol. The number of carbonyl (C=O) groups excluding carboxylic acids is 1. The van der Waals surface area contributed by atoms with Gasteiger partial charge in [-0.05, 0) is 44.8 Å². The summed E-state index contributed by atoms with van der Waals surface area (Å²) in [5.41, 5.74) is 0. The van der Waals surface area contributed by atoms with Crippen LogP contribution in [-0.2, 0) is 4.79 Å². The van der Waals surface area contributed by atoms with Gasteiger partial charge in [-0.1, -0.05) is 15.9 Å². The van der Waals surface area contributed by atoms with E-state index in [9.17, 15) is 4.79 Å². The summed E-state index contributed by atoms with van der Waals surface area (Å²) in [5.74, 6) is 1.54. The third-order valence-electron chi connectivity index (χ3n) is 3.77. The first-order chi connectivity index (χ1) is 7.67. The highest BCUT2D eigenvalue weighted by atomic mass is 79.9. The average molecular weight is 306 g/mol. The summed E-state index contributed by atoms with van der Waals surface area (Å²) in [5, 5.41) is 0.899. The van der Waals surface area contributed by atoms with Crippen LogP contribution in [0.15, 0.2) is 0 Å². The molecule has 0 radical (unpaired) electrons. The highest BCUT2D eigenvalue weighted by molar-refractivity contribution is 9.09. The molecule has 2 aliphatic rings. The van der Waals surface area contributed by atoms with Crippen LogP contribution >= 0.6 is 27.7 Å². The van der Waals surface area contributed by atoms with E-state index in [0.29, 0.717) is 11.9 Å². The molecular formula is C12H20BrNOS. The molecule has 92 valence electrons. The van der Waals surface area contributed by atoms with Crippen molar-refractivity contribution in [3.8, 4) is 0 Å². The first kappa shape index (κ1) is 12.7. The molecule has 2 rings (SSSR count). The summed E-state index contributed by atoms with van der Waals surface area (Å²) < 4.78 is -0.127. The van der Waals surface area contributed by atoms with Crippen LogP contribution in [0.5, 0.6) is 0 Å². The molecule has 16 heavy (non-hydrogen) atoms. The summed E-state index contributed by atoms with van der Waals surface area (Å²) in [6.45, 7) is 3.01. The van der Waals surface area contributed by atoms with Crippen molar-refractivity contribution >= 4 is 33.6 Å². The number of rotatable bonds is 4. The van der Waals surface area contributed by atoms with Gasteiger partial charge in [0.1, 0.15) is 0 Å². The Balaban J connectivity index is 2.03. The second-order valence-electron chi connectivity index (χ2n) is 4.96. The molecule has 2 nitrogen and oxygen atoms in total. The Morgan fingerprint density at radius 2 is 2.25 bits per heavy atom. The summed E-state index contributed by atoms with van der Waals surface area (Å²) >= 11 is 5.32. The Morgan fingerprint density at radius 1 is 1.50 bits per heavy atom. The van der Waals surface area contributed by atoms with E-state index in [2.05, 4.69) is 27.8 Å². The number of hydrogen-bond donors (Lipinski definition) is 0. The monoisotopic (exact) mass is 305 g/mol. The van der Waals surface area contributed by atoms with Crippen LogP contribution in [0.3, 0.4) is 0 Å². The topological polar surface area (TPSA) is 20.3 Å². The molecule has 4 heteroatoms. The van der Waals surface area contributed by atoms with Crippen molar-refractivity contribution in [2.75, 3.05) is 17.6 Å². The van der Waals surface area contributed by atoms with Crippen LogP contribution < -0.4 is 0 Å². The van der Waals surface area contributed by atoms with Gasteiger partial charge < -0.3 is 4.90 Å². The second kappa shape index (κ2) is 5.30. The zero-order chi connectivity index (χ0) is 11.6. The molecule has 1 aliphatic carbocycles. The van der Waals surface area contributed by atoms with Crippen LogP contribution in [-0.4, -0.2) is 39.2 Å². The molecule has 0 N–H and O–H groups in total. The molecule has 1 saturated heterocycles. The second-order valence-corrected chi connectivity index (χ2v) is 7.35. The largest absolute Gasteiger partial charge is 0.338 e. The van der Waals surface area contributed by atoms with E-state index in [-0.39, 0.29) is 4.75 Å². The van der Waals surface area contributed by atoms with E-state index >= 15 is 0 Å². The van der Waals surface area contributed by atoms with Crippen molar-refractivity contribution in [3.63, 3.8) is 0 Å². The fraction of sp³-hybridized carbons (Fsp3) is 0.917. The Kier molecular flexibility index (Phi) is 4.22. The number of halogens is 1. The maximum atomic E-state index is 12.6. The van der Waals surface area contributed by atoms with Crippen LogP contribution in [0.25, 0.3) is 0 Å². The molecule has 1 atom stereocenters. The van der Waals surface area contributed by atoms with Gasteiger partial charge in [0.05, 0.1) is 4.75 Å². The minimum atomic E-state index is -0.127. The van der Waals surface area contributed by atoms with Gasteiger partial charge in [0.25, 0.3) is 0 Å². The zero-order valence-electron chi connectivity index (χ0n) is 9.88. The first-order valence-corrected chi connectivity index (χ1v) is 8.29. The molecule has 0 aromatic rings. The van der Waals surface area contributed by atoms with E-state index in [4.69, 9.17) is 0 Å². The van der Waals surface area contributed by atoms with Crippen LogP contribution in [0.1, 0.15) is 39.0 Å². The van der Waals surface area contributed by atoms with Crippen molar-refractivity contribution in [1.82, 2.24) is 4.90 Å². The van der Waals surface area contributed by atoms with Gasteiger partial charge in [0.15, 0.2) is 0 Å². The van der Waals surface area contributed by atoms with E-state index in [1.807, 2.05) is 11.8 Å². The van der Waals surface area contributed by atoms with Gasteiger partial charge >= 0.3 is 0 Å². The molecule has 1 aliphatic heterocycles. The van der Waals surface area contributed by atoms with Gasteiger partial charge in [-0.3, -0.25) is 4.79 Å². The van der Waals surface area contributed by atoms with E-state index in [1.165, 1.54) is 25.7 Å². The summed E-state index contributed by atoms with van der Waals surface area (Å²) in [6, 6.07) is 0.531. The Morgan fingerprint density at radius 3 is 2.69 bits per heavy atom. The fourth-order valence-electron chi connectivity index (χ4n) is 2.49. The average Bonchev–Trinajstić information content (AvgIpc) is 2.62. The Bertz CT molecular complexity index is 262. The molecule has 0 aromatic carbocycles.